The van der Waals surface area contributed by atoms with Crippen LogP contribution in [-0.4, -0.2) is 12.1 Å². The van der Waals surface area contributed by atoms with Gasteiger partial charge in [-0.2, -0.15) is 5.10 Å². The molecule has 1 N–H and O–H groups in total. The van der Waals surface area contributed by atoms with Crippen LogP contribution in [0.3, 0.4) is 0 Å². The van der Waals surface area contributed by atoms with E-state index in [9.17, 15) is 4.79 Å². The number of hydrogen-bond donors (Lipinski definition) is 1. The van der Waals surface area contributed by atoms with Gasteiger partial charge in [0.15, 0.2) is 0 Å². The molecule has 0 bridgehead atoms. The molecule has 0 fully saturated rings. The van der Waals surface area contributed by atoms with Gasteiger partial charge in [0, 0.05) is 5.56 Å². The number of ether oxygens (including phenoxy) is 1. The fourth-order valence-electron chi connectivity index (χ4n) is 2.96. The summed E-state index contributed by atoms with van der Waals surface area (Å²) in [6, 6.07) is 31.1. The Morgan fingerprint density at radius 2 is 1.55 bits per heavy atom. The van der Waals surface area contributed by atoms with E-state index in [1.165, 1.54) is 5.39 Å². The highest BCUT2D eigenvalue weighted by Crippen LogP contribution is 2.15. The molecule has 0 aliphatic heterocycles. The third kappa shape index (κ3) is 4.87. The second-order valence-corrected chi connectivity index (χ2v) is 6.60. The maximum absolute atomic E-state index is 12.3. The number of carbonyl (C=O) groups is 1. The Morgan fingerprint density at radius 3 is 2.34 bits per heavy atom. The van der Waals surface area contributed by atoms with E-state index in [0.717, 1.165) is 16.5 Å². The quantitative estimate of drug-likeness (QED) is 0.370. The lowest BCUT2D eigenvalue weighted by Crippen LogP contribution is -2.17. The molecule has 29 heavy (non-hydrogen) atoms. The lowest BCUT2D eigenvalue weighted by atomic mass is 10.1. The molecule has 4 nitrogen and oxygen atoms in total. The van der Waals surface area contributed by atoms with Crippen molar-refractivity contribution in [1.82, 2.24) is 5.43 Å². The zero-order valence-corrected chi connectivity index (χ0v) is 15.8. The highest BCUT2D eigenvalue weighted by Gasteiger charge is 2.04. The molecule has 1 amide bonds. The minimum absolute atomic E-state index is 0.267. The number of amides is 1. The van der Waals surface area contributed by atoms with E-state index in [1.54, 1.807) is 30.5 Å². The molecule has 0 aliphatic carbocycles. The van der Waals surface area contributed by atoms with Crippen molar-refractivity contribution in [1.29, 1.82) is 0 Å². The van der Waals surface area contributed by atoms with Crippen LogP contribution in [0.5, 0.6) is 5.75 Å². The second-order valence-electron chi connectivity index (χ2n) is 6.60. The van der Waals surface area contributed by atoms with Crippen molar-refractivity contribution in [3.8, 4) is 5.75 Å². The van der Waals surface area contributed by atoms with Gasteiger partial charge in [0.1, 0.15) is 12.4 Å². The van der Waals surface area contributed by atoms with Crippen LogP contribution in [0.2, 0.25) is 0 Å². The van der Waals surface area contributed by atoms with Crippen LogP contribution >= 0.6 is 0 Å². The SMILES string of the molecule is O=C(N/N=C/c1ccc2ccccc2c1)c1ccc(OCc2ccccc2)cc1. The first-order chi connectivity index (χ1) is 14.3. The van der Waals surface area contributed by atoms with Gasteiger partial charge in [-0.3, -0.25) is 4.79 Å². The minimum atomic E-state index is -0.267. The summed E-state index contributed by atoms with van der Waals surface area (Å²) >= 11 is 0. The Labute approximate surface area is 169 Å². The molecule has 0 unspecified atom stereocenters. The standard InChI is InChI=1S/C25H20N2O2/c28-25(27-26-17-20-10-11-21-8-4-5-9-23(21)16-20)22-12-14-24(15-13-22)29-18-19-6-2-1-3-7-19/h1-17H,18H2,(H,27,28)/b26-17+. The first-order valence-electron chi connectivity index (χ1n) is 9.37. The maximum Gasteiger partial charge on any atom is 0.271 e. The summed E-state index contributed by atoms with van der Waals surface area (Å²) in [5.74, 6) is 0.446. The number of nitrogens with zero attached hydrogens (tertiary/aromatic N) is 1. The summed E-state index contributed by atoms with van der Waals surface area (Å²) in [7, 11) is 0. The molecule has 0 saturated carbocycles. The van der Waals surface area contributed by atoms with Crippen LogP contribution in [0.25, 0.3) is 10.8 Å². The monoisotopic (exact) mass is 380 g/mol. The molecule has 0 aliphatic rings. The summed E-state index contributed by atoms with van der Waals surface area (Å²) in [5, 5.41) is 6.37. The fourth-order valence-corrected chi connectivity index (χ4v) is 2.96. The van der Waals surface area contributed by atoms with Crippen molar-refractivity contribution in [2.24, 2.45) is 5.10 Å². The summed E-state index contributed by atoms with van der Waals surface area (Å²) in [6.45, 7) is 0.489. The predicted molar refractivity (Wildman–Crippen MR) is 116 cm³/mol. The molecule has 0 atom stereocenters. The van der Waals surface area contributed by atoms with Gasteiger partial charge in [-0.1, -0.05) is 66.7 Å². The van der Waals surface area contributed by atoms with Crippen LogP contribution < -0.4 is 10.2 Å². The van der Waals surface area contributed by atoms with Gasteiger partial charge in [0.05, 0.1) is 6.21 Å². The molecular formula is C25H20N2O2. The number of benzene rings is 4. The van der Waals surface area contributed by atoms with Crippen molar-refractivity contribution in [2.45, 2.75) is 6.61 Å². The molecule has 4 heteroatoms. The smallest absolute Gasteiger partial charge is 0.271 e. The van der Waals surface area contributed by atoms with E-state index in [-0.39, 0.29) is 5.91 Å². The van der Waals surface area contributed by atoms with E-state index in [4.69, 9.17) is 4.74 Å². The molecule has 4 rings (SSSR count). The Kier molecular flexibility index (Phi) is 5.63. The lowest BCUT2D eigenvalue weighted by molar-refractivity contribution is 0.0955. The Bertz CT molecular complexity index is 1140. The van der Waals surface area contributed by atoms with Gasteiger partial charge in [0.25, 0.3) is 5.91 Å². The highest BCUT2D eigenvalue weighted by atomic mass is 16.5. The van der Waals surface area contributed by atoms with Crippen LogP contribution in [0.1, 0.15) is 21.5 Å². The number of hydrazone groups is 1. The highest BCUT2D eigenvalue weighted by molar-refractivity contribution is 5.95. The van der Waals surface area contributed by atoms with Crippen molar-refractivity contribution in [2.75, 3.05) is 0 Å². The van der Waals surface area contributed by atoms with E-state index in [1.807, 2.05) is 66.7 Å². The van der Waals surface area contributed by atoms with Crippen LogP contribution in [0, 0.1) is 0 Å². The predicted octanol–water partition coefficient (Wildman–Crippen LogP) is 5.18. The van der Waals surface area contributed by atoms with E-state index in [2.05, 4.69) is 16.6 Å². The van der Waals surface area contributed by atoms with Crippen molar-refractivity contribution in [3.63, 3.8) is 0 Å². The first kappa shape index (κ1) is 18.4. The lowest BCUT2D eigenvalue weighted by Gasteiger charge is -2.07. The Balaban J connectivity index is 1.33. The average Bonchev–Trinajstić information content (AvgIpc) is 2.78. The van der Waals surface area contributed by atoms with Crippen molar-refractivity contribution < 1.29 is 9.53 Å². The van der Waals surface area contributed by atoms with E-state index >= 15 is 0 Å². The number of hydrogen-bond acceptors (Lipinski definition) is 3. The van der Waals surface area contributed by atoms with Crippen LogP contribution in [0.4, 0.5) is 0 Å². The zero-order chi connectivity index (χ0) is 19.9. The molecule has 142 valence electrons. The number of rotatable bonds is 6. The molecule has 0 radical (unpaired) electrons. The Morgan fingerprint density at radius 1 is 0.828 bits per heavy atom. The molecule has 0 heterocycles. The second kappa shape index (κ2) is 8.85. The Hall–Kier alpha value is -3.92. The molecule has 4 aromatic carbocycles. The molecule has 0 saturated heterocycles. The van der Waals surface area contributed by atoms with Crippen molar-refractivity contribution >= 4 is 22.9 Å². The van der Waals surface area contributed by atoms with Crippen LogP contribution in [0.15, 0.2) is 102 Å². The van der Waals surface area contributed by atoms with Crippen molar-refractivity contribution in [3.05, 3.63) is 114 Å². The zero-order valence-electron chi connectivity index (χ0n) is 15.8. The van der Waals surface area contributed by atoms with Gasteiger partial charge in [-0.05, 0) is 52.2 Å². The van der Waals surface area contributed by atoms with E-state index < -0.39 is 0 Å². The largest absolute Gasteiger partial charge is 0.489 e. The third-order valence-corrected chi connectivity index (χ3v) is 4.52. The number of nitrogens with one attached hydrogen (secondary N) is 1. The van der Waals surface area contributed by atoms with Gasteiger partial charge in [-0.15, -0.1) is 0 Å². The number of fused-ring (bicyclic) bond motifs is 1. The first-order valence-corrected chi connectivity index (χ1v) is 9.37. The van der Waals surface area contributed by atoms with Gasteiger partial charge in [-0.25, -0.2) is 5.43 Å². The minimum Gasteiger partial charge on any atom is -0.489 e. The molecular weight excluding hydrogens is 360 g/mol. The van der Waals surface area contributed by atoms with E-state index in [0.29, 0.717) is 17.9 Å². The normalized spacial score (nSPS) is 10.9. The number of carbonyl (C=O) groups excluding carboxylic acids is 1. The topological polar surface area (TPSA) is 50.7 Å². The molecule has 4 aromatic rings. The van der Waals surface area contributed by atoms with Gasteiger partial charge >= 0.3 is 0 Å². The third-order valence-electron chi connectivity index (χ3n) is 4.52. The maximum atomic E-state index is 12.3. The summed E-state index contributed by atoms with van der Waals surface area (Å²) < 4.78 is 5.74. The van der Waals surface area contributed by atoms with Gasteiger partial charge in [0.2, 0.25) is 0 Å². The average molecular weight is 380 g/mol. The molecule has 0 aromatic heterocycles. The summed E-state index contributed by atoms with van der Waals surface area (Å²) in [4.78, 5) is 12.3. The fraction of sp³-hybridized carbons (Fsp3) is 0.0400. The molecule has 0 spiro atoms. The van der Waals surface area contributed by atoms with Crippen LogP contribution in [-0.2, 0) is 6.61 Å². The van der Waals surface area contributed by atoms with Gasteiger partial charge < -0.3 is 4.74 Å². The summed E-state index contributed by atoms with van der Waals surface area (Å²) in [6.07, 6.45) is 1.64. The summed E-state index contributed by atoms with van der Waals surface area (Å²) in [5.41, 5.74) is 5.10.